The van der Waals surface area contributed by atoms with E-state index in [9.17, 15) is 14.4 Å². The number of hydrogen-bond acceptors (Lipinski definition) is 7. The topological polar surface area (TPSA) is 115 Å². The minimum absolute atomic E-state index is 0.0226. The van der Waals surface area contributed by atoms with Crippen LogP contribution in [0.25, 0.3) is 5.69 Å². The monoisotopic (exact) mass is 643 g/mol. The highest BCUT2D eigenvalue weighted by Crippen LogP contribution is 2.38. The van der Waals surface area contributed by atoms with Crippen molar-refractivity contribution >= 4 is 17.7 Å². The van der Waals surface area contributed by atoms with Gasteiger partial charge in [-0.05, 0) is 79.7 Å². The molecular weight excluding hydrogens is 598 g/mol. The van der Waals surface area contributed by atoms with Gasteiger partial charge in [-0.3, -0.25) is 14.4 Å². The van der Waals surface area contributed by atoms with Gasteiger partial charge in [-0.15, -0.1) is 0 Å². The summed E-state index contributed by atoms with van der Waals surface area (Å²) in [4.78, 5) is 44.5. The number of piperidine rings is 2. The zero-order valence-corrected chi connectivity index (χ0v) is 27.6. The third-order valence-corrected chi connectivity index (χ3v) is 9.83. The molecule has 0 unspecified atom stereocenters. The van der Waals surface area contributed by atoms with E-state index in [1.54, 1.807) is 38.4 Å². The number of fused-ring (bicyclic) bond motifs is 6. The Morgan fingerprint density at radius 1 is 0.915 bits per heavy atom. The van der Waals surface area contributed by atoms with Gasteiger partial charge in [-0.25, -0.2) is 4.68 Å². The molecule has 4 bridgehead atoms. The molecule has 4 heterocycles. The predicted molar refractivity (Wildman–Crippen MR) is 176 cm³/mol. The summed E-state index contributed by atoms with van der Waals surface area (Å²) in [7, 11) is 4.87. The highest BCUT2D eigenvalue weighted by molar-refractivity contribution is 5.94. The first-order valence-corrected chi connectivity index (χ1v) is 16.7. The quantitative estimate of drug-likeness (QED) is 0.446. The summed E-state index contributed by atoms with van der Waals surface area (Å²) in [6, 6.07) is 11.6. The number of aromatic nitrogens is 2. The number of benzene rings is 2. The van der Waals surface area contributed by atoms with Gasteiger partial charge in [0, 0.05) is 51.3 Å². The summed E-state index contributed by atoms with van der Waals surface area (Å²) in [5.41, 5.74) is 3.33. The number of carbonyl (C=O) groups is 3. The van der Waals surface area contributed by atoms with Crippen LogP contribution >= 0.6 is 0 Å². The van der Waals surface area contributed by atoms with Crippen LogP contribution < -0.4 is 19.5 Å². The average molecular weight is 644 g/mol. The summed E-state index contributed by atoms with van der Waals surface area (Å²) < 4.78 is 18.5. The van der Waals surface area contributed by atoms with Gasteiger partial charge >= 0.3 is 0 Å². The first-order chi connectivity index (χ1) is 22.9. The molecule has 2 saturated heterocycles. The highest BCUT2D eigenvalue weighted by Gasteiger charge is 2.43. The van der Waals surface area contributed by atoms with E-state index in [1.165, 1.54) is 0 Å². The fraction of sp³-hybridized carbons (Fsp3) is 0.500. The third kappa shape index (κ3) is 7.08. The Morgan fingerprint density at radius 2 is 1.74 bits per heavy atom. The SMILES string of the molecule is COc1ccccc1-n1cc(C(=O)N2C[C@@H]3C[C@H](C2)[C@@H]2CCCC(=O)NCCCc4cc(cc(OC)c4OC)CCC(=O)N2C3)cn1. The lowest BCUT2D eigenvalue weighted by Crippen LogP contribution is -2.60. The van der Waals surface area contributed by atoms with Crippen LogP contribution in [0.5, 0.6) is 17.2 Å². The number of nitrogens with one attached hydrogen (secondary N) is 1. The van der Waals surface area contributed by atoms with E-state index >= 15 is 0 Å². The maximum Gasteiger partial charge on any atom is 0.257 e. The van der Waals surface area contributed by atoms with E-state index in [4.69, 9.17) is 14.2 Å². The van der Waals surface area contributed by atoms with E-state index in [0.717, 1.165) is 42.5 Å². The van der Waals surface area contributed by atoms with E-state index in [0.29, 0.717) is 74.7 Å². The molecule has 2 aromatic carbocycles. The van der Waals surface area contributed by atoms with Crippen molar-refractivity contribution in [1.82, 2.24) is 24.9 Å². The van der Waals surface area contributed by atoms with Crippen LogP contribution in [0.4, 0.5) is 0 Å². The molecule has 0 spiro atoms. The van der Waals surface area contributed by atoms with Gasteiger partial charge in [-0.1, -0.05) is 18.2 Å². The van der Waals surface area contributed by atoms with Gasteiger partial charge in [0.25, 0.3) is 5.91 Å². The van der Waals surface area contributed by atoms with E-state index in [1.807, 2.05) is 35.2 Å². The van der Waals surface area contributed by atoms with Crippen molar-refractivity contribution in [3.63, 3.8) is 0 Å². The molecule has 3 aromatic rings. The first-order valence-electron chi connectivity index (χ1n) is 16.7. The molecule has 0 saturated carbocycles. The maximum absolute atomic E-state index is 13.9. The van der Waals surface area contributed by atoms with Crippen molar-refractivity contribution in [1.29, 1.82) is 0 Å². The van der Waals surface area contributed by atoms with Crippen molar-refractivity contribution in [2.24, 2.45) is 11.8 Å². The number of para-hydroxylation sites is 2. The van der Waals surface area contributed by atoms with Crippen molar-refractivity contribution in [2.75, 3.05) is 47.5 Å². The molecule has 3 atom stereocenters. The molecular formula is C36H45N5O6. The number of likely N-dealkylation sites (tertiary alicyclic amines) is 1. The predicted octanol–water partition coefficient (Wildman–Crippen LogP) is 4.05. The van der Waals surface area contributed by atoms with Crippen molar-refractivity contribution < 1.29 is 28.6 Å². The van der Waals surface area contributed by atoms with Crippen LogP contribution in [0.2, 0.25) is 0 Å². The van der Waals surface area contributed by atoms with Crippen LogP contribution in [0.1, 0.15) is 60.0 Å². The first kappa shape index (κ1) is 32.4. The van der Waals surface area contributed by atoms with Crippen LogP contribution in [0.3, 0.4) is 0 Å². The summed E-state index contributed by atoms with van der Waals surface area (Å²) in [6.07, 6.45) is 8.64. The zero-order chi connectivity index (χ0) is 32.9. The molecule has 11 nitrogen and oxygen atoms in total. The molecule has 250 valence electrons. The fourth-order valence-electron chi connectivity index (χ4n) is 7.63. The number of nitrogens with zero attached hydrogens (tertiary/aromatic N) is 4. The second kappa shape index (κ2) is 14.5. The summed E-state index contributed by atoms with van der Waals surface area (Å²) in [5.74, 6) is 2.43. The molecule has 47 heavy (non-hydrogen) atoms. The van der Waals surface area contributed by atoms with Crippen LogP contribution in [-0.2, 0) is 22.4 Å². The Balaban J connectivity index is 1.20. The molecule has 11 heteroatoms. The molecule has 3 aliphatic heterocycles. The summed E-state index contributed by atoms with van der Waals surface area (Å²) in [6.45, 7) is 2.34. The second-order valence-electron chi connectivity index (χ2n) is 12.9. The standard InChI is InChI=1S/C36H45N5O6/c1-45-31-11-5-4-9-30(31)41-23-28(19-38-41)36(44)39-20-25-17-27(22-39)29-10-6-12-33(42)37-15-7-8-26-16-24(13-14-34(43)40(29)21-25)18-32(46-2)35(26)47-3/h4-5,9,11,16,18-19,23,25,27,29H,6-8,10,12-15,17,20-22H2,1-3H3,(H,37,42)/t25-,27+,29-/m0/s1. The van der Waals surface area contributed by atoms with Gasteiger partial charge in [0.1, 0.15) is 11.4 Å². The molecule has 6 rings (SSSR count). The number of ether oxygens (including phenoxy) is 3. The largest absolute Gasteiger partial charge is 0.494 e. The molecule has 0 radical (unpaired) electrons. The van der Waals surface area contributed by atoms with Gasteiger partial charge in [0.2, 0.25) is 11.8 Å². The summed E-state index contributed by atoms with van der Waals surface area (Å²) >= 11 is 0. The lowest BCUT2D eigenvalue weighted by Gasteiger charge is -2.51. The molecule has 1 aromatic heterocycles. The molecule has 3 amide bonds. The lowest BCUT2D eigenvalue weighted by atomic mass is 9.77. The minimum Gasteiger partial charge on any atom is -0.494 e. The Morgan fingerprint density at radius 3 is 2.55 bits per heavy atom. The number of hydrogen-bond donors (Lipinski definition) is 1. The van der Waals surface area contributed by atoms with Crippen LogP contribution in [0.15, 0.2) is 48.8 Å². The number of methoxy groups -OCH3 is 3. The van der Waals surface area contributed by atoms with E-state index in [-0.39, 0.29) is 35.6 Å². The van der Waals surface area contributed by atoms with Gasteiger partial charge < -0.3 is 29.3 Å². The molecule has 3 aliphatic rings. The minimum atomic E-state index is -0.0579. The van der Waals surface area contributed by atoms with Crippen LogP contribution in [0, 0.1) is 11.8 Å². The Labute approximate surface area is 276 Å². The average Bonchev–Trinajstić information content (AvgIpc) is 3.59. The zero-order valence-electron chi connectivity index (χ0n) is 27.6. The van der Waals surface area contributed by atoms with Crippen molar-refractivity contribution in [3.8, 4) is 22.9 Å². The number of rotatable bonds is 5. The van der Waals surface area contributed by atoms with Crippen LogP contribution in [-0.4, -0.2) is 90.9 Å². The smallest absolute Gasteiger partial charge is 0.257 e. The molecule has 0 aliphatic carbocycles. The molecule has 1 N–H and O–H groups in total. The van der Waals surface area contributed by atoms with Gasteiger partial charge in [-0.2, -0.15) is 5.10 Å². The number of amides is 3. The van der Waals surface area contributed by atoms with Crippen molar-refractivity contribution in [2.45, 2.75) is 57.4 Å². The Hall–Kier alpha value is -4.54. The Kier molecular flexibility index (Phi) is 9.98. The van der Waals surface area contributed by atoms with E-state index < -0.39 is 0 Å². The maximum atomic E-state index is 13.9. The summed E-state index contributed by atoms with van der Waals surface area (Å²) in [5, 5.41) is 7.53. The van der Waals surface area contributed by atoms with Gasteiger partial charge in [0.05, 0.1) is 33.1 Å². The normalized spacial score (nSPS) is 22.2. The number of aryl methyl sites for hydroxylation is 2. The molecule has 2 fully saturated rings. The van der Waals surface area contributed by atoms with Crippen molar-refractivity contribution in [3.05, 3.63) is 65.5 Å². The fourth-order valence-corrected chi connectivity index (χ4v) is 7.63. The second-order valence-corrected chi connectivity index (χ2v) is 12.9. The van der Waals surface area contributed by atoms with Gasteiger partial charge in [0.15, 0.2) is 11.5 Å². The Bertz CT molecular complexity index is 1600. The number of carbonyl (C=O) groups excluding carboxylic acids is 3. The van der Waals surface area contributed by atoms with E-state index in [2.05, 4.69) is 21.4 Å². The highest BCUT2D eigenvalue weighted by atomic mass is 16.5. The third-order valence-electron chi connectivity index (χ3n) is 9.83. The lowest BCUT2D eigenvalue weighted by molar-refractivity contribution is -0.140.